The van der Waals surface area contributed by atoms with E-state index in [4.69, 9.17) is 0 Å². The van der Waals surface area contributed by atoms with Crippen molar-refractivity contribution < 1.29 is 14.4 Å². The number of piperidine rings is 1. The minimum absolute atomic E-state index is 0.181. The molecule has 0 unspecified atom stereocenters. The lowest BCUT2D eigenvalue weighted by atomic mass is 9.95. The van der Waals surface area contributed by atoms with Gasteiger partial charge < -0.3 is 20.9 Å². The molecule has 2 aliphatic heterocycles. The summed E-state index contributed by atoms with van der Waals surface area (Å²) in [6, 6.07) is 13.4. The lowest BCUT2D eigenvalue weighted by molar-refractivity contribution is -0.131. The molecule has 3 atom stereocenters. The number of hydrogen-bond acceptors (Lipinski definition) is 4. The van der Waals surface area contributed by atoms with Gasteiger partial charge in [0.15, 0.2) is 0 Å². The van der Waals surface area contributed by atoms with Crippen LogP contribution in [0, 0.1) is 0 Å². The molecule has 1 fully saturated rings. The third-order valence-corrected chi connectivity index (χ3v) is 6.07. The Balaban J connectivity index is 1.55. The first-order valence-corrected chi connectivity index (χ1v) is 10.8. The normalized spacial score (nSPS) is 21.4. The van der Waals surface area contributed by atoms with Gasteiger partial charge in [-0.05, 0) is 43.5 Å². The Labute approximate surface area is 182 Å². The average Bonchev–Trinajstić information content (AvgIpc) is 2.89. The standard InChI is InChI=1S/C24H28N4O3/c1-15(26-23(30)19-12-7-8-14-25-19)22(29)27-21-18-11-4-3-9-16(18)17-10-5-6-13-20(17)28(2)24(21)31/h3-6,9-11,13,15,19,21,25H,7-8,12,14H2,1-2H3,(H,26,30)(H,27,29)/t15-,19+,21+/m0/s1. The van der Waals surface area contributed by atoms with E-state index in [-0.39, 0.29) is 17.9 Å². The second-order valence-electron chi connectivity index (χ2n) is 8.18. The molecule has 0 bridgehead atoms. The molecule has 2 aliphatic rings. The highest BCUT2D eigenvalue weighted by molar-refractivity contribution is 6.06. The quantitative estimate of drug-likeness (QED) is 0.707. The van der Waals surface area contributed by atoms with Crippen LogP contribution < -0.4 is 20.9 Å². The van der Waals surface area contributed by atoms with Crippen LogP contribution in [0.2, 0.25) is 0 Å². The first kappa shape index (κ1) is 21.1. The van der Waals surface area contributed by atoms with Gasteiger partial charge in [0.25, 0.3) is 5.91 Å². The summed E-state index contributed by atoms with van der Waals surface area (Å²) in [6.07, 6.45) is 2.81. The molecular weight excluding hydrogens is 392 g/mol. The lowest BCUT2D eigenvalue weighted by Gasteiger charge is -2.26. The van der Waals surface area contributed by atoms with Crippen molar-refractivity contribution in [1.82, 2.24) is 16.0 Å². The van der Waals surface area contributed by atoms with Crippen molar-refractivity contribution in [3.05, 3.63) is 54.1 Å². The van der Waals surface area contributed by atoms with Gasteiger partial charge in [-0.1, -0.05) is 48.9 Å². The van der Waals surface area contributed by atoms with Crippen molar-refractivity contribution >= 4 is 23.4 Å². The van der Waals surface area contributed by atoms with Gasteiger partial charge in [-0.2, -0.15) is 0 Å². The first-order chi connectivity index (χ1) is 15.0. The summed E-state index contributed by atoms with van der Waals surface area (Å²) in [5.41, 5.74) is 3.38. The van der Waals surface area contributed by atoms with Gasteiger partial charge in [-0.25, -0.2) is 0 Å². The molecule has 0 aliphatic carbocycles. The number of carbonyl (C=O) groups excluding carboxylic acids is 3. The topological polar surface area (TPSA) is 90.5 Å². The molecule has 1 saturated heterocycles. The van der Waals surface area contributed by atoms with E-state index in [2.05, 4.69) is 16.0 Å². The second kappa shape index (κ2) is 8.89. The van der Waals surface area contributed by atoms with Gasteiger partial charge in [0.1, 0.15) is 12.1 Å². The zero-order valence-corrected chi connectivity index (χ0v) is 17.9. The molecule has 2 aromatic carbocycles. The van der Waals surface area contributed by atoms with Crippen molar-refractivity contribution in [2.24, 2.45) is 0 Å². The fourth-order valence-electron chi connectivity index (χ4n) is 4.30. The fraction of sp³-hybridized carbons (Fsp3) is 0.375. The summed E-state index contributed by atoms with van der Waals surface area (Å²) >= 11 is 0. The summed E-state index contributed by atoms with van der Waals surface area (Å²) in [5, 5.41) is 8.84. The average molecular weight is 421 g/mol. The molecule has 3 amide bonds. The van der Waals surface area contributed by atoms with Crippen LogP contribution in [0.5, 0.6) is 0 Å². The van der Waals surface area contributed by atoms with Crippen molar-refractivity contribution in [3.63, 3.8) is 0 Å². The predicted octanol–water partition coefficient (Wildman–Crippen LogP) is 2.13. The van der Waals surface area contributed by atoms with E-state index in [9.17, 15) is 14.4 Å². The van der Waals surface area contributed by atoms with Crippen molar-refractivity contribution in [2.45, 2.75) is 44.3 Å². The maximum Gasteiger partial charge on any atom is 0.253 e. The number of hydrogen-bond donors (Lipinski definition) is 3. The Morgan fingerprint density at radius 1 is 1.06 bits per heavy atom. The number of amides is 3. The molecule has 4 rings (SSSR count). The number of nitrogens with one attached hydrogen (secondary N) is 3. The third kappa shape index (κ3) is 4.18. The predicted molar refractivity (Wildman–Crippen MR) is 119 cm³/mol. The van der Waals surface area contributed by atoms with Crippen molar-refractivity contribution in [1.29, 1.82) is 0 Å². The van der Waals surface area contributed by atoms with Crippen LogP contribution >= 0.6 is 0 Å². The minimum Gasteiger partial charge on any atom is -0.343 e. The van der Waals surface area contributed by atoms with E-state index in [1.165, 1.54) is 0 Å². The van der Waals surface area contributed by atoms with Crippen LogP contribution in [0.3, 0.4) is 0 Å². The Morgan fingerprint density at radius 2 is 1.77 bits per heavy atom. The molecular formula is C24H28N4O3. The SMILES string of the molecule is C[C@H](NC(=O)[C@H]1CCCCN1)C(=O)N[C@H]1C(=O)N(C)c2ccccc2-c2ccccc21. The summed E-state index contributed by atoms with van der Waals surface area (Å²) in [5.74, 6) is -0.797. The largest absolute Gasteiger partial charge is 0.343 e. The number of benzene rings is 2. The van der Waals surface area contributed by atoms with E-state index in [1.54, 1.807) is 18.9 Å². The number of anilines is 1. The molecule has 2 aromatic rings. The zero-order chi connectivity index (χ0) is 22.0. The number of nitrogens with zero attached hydrogens (tertiary/aromatic N) is 1. The molecule has 7 heteroatoms. The molecule has 162 valence electrons. The minimum atomic E-state index is -0.840. The van der Waals surface area contributed by atoms with Gasteiger partial charge in [0.05, 0.1) is 11.7 Å². The molecule has 31 heavy (non-hydrogen) atoms. The Kier molecular flexibility index (Phi) is 6.04. The zero-order valence-electron chi connectivity index (χ0n) is 17.9. The Bertz CT molecular complexity index is 1000. The van der Waals surface area contributed by atoms with Gasteiger partial charge in [-0.3, -0.25) is 14.4 Å². The summed E-state index contributed by atoms with van der Waals surface area (Å²) in [6.45, 7) is 2.44. The molecule has 0 saturated carbocycles. The highest BCUT2D eigenvalue weighted by Gasteiger charge is 2.34. The summed E-state index contributed by atoms with van der Waals surface area (Å²) in [7, 11) is 1.71. The van der Waals surface area contributed by atoms with Crippen LogP contribution in [0.4, 0.5) is 5.69 Å². The van der Waals surface area contributed by atoms with Gasteiger partial charge in [-0.15, -0.1) is 0 Å². The molecule has 0 spiro atoms. The number of fused-ring (bicyclic) bond motifs is 3. The van der Waals surface area contributed by atoms with Gasteiger partial charge in [0.2, 0.25) is 11.8 Å². The number of para-hydroxylation sites is 1. The van der Waals surface area contributed by atoms with E-state index in [0.29, 0.717) is 0 Å². The van der Waals surface area contributed by atoms with E-state index in [0.717, 1.165) is 48.2 Å². The molecule has 0 radical (unpaired) electrons. The number of likely N-dealkylation sites (N-methyl/N-ethyl adjacent to an activating group) is 1. The van der Waals surface area contributed by atoms with E-state index >= 15 is 0 Å². The van der Waals surface area contributed by atoms with Crippen LogP contribution in [0.25, 0.3) is 11.1 Å². The summed E-state index contributed by atoms with van der Waals surface area (Å²) in [4.78, 5) is 40.3. The van der Waals surface area contributed by atoms with Gasteiger partial charge >= 0.3 is 0 Å². The maximum atomic E-state index is 13.3. The molecule has 2 heterocycles. The highest BCUT2D eigenvalue weighted by atomic mass is 16.2. The second-order valence-corrected chi connectivity index (χ2v) is 8.18. The third-order valence-electron chi connectivity index (χ3n) is 6.07. The highest BCUT2D eigenvalue weighted by Crippen LogP contribution is 2.39. The Morgan fingerprint density at radius 3 is 2.52 bits per heavy atom. The maximum absolute atomic E-state index is 13.3. The number of rotatable bonds is 4. The lowest BCUT2D eigenvalue weighted by Crippen LogP contribution is -2.54. The van der Waals surface area contributed by atoms with Crippen molar-refractivity contribution in [3.8, 4) is 11.1 Å². The first-order valence-electron chi connectivity index (χ1n) is 10.8. The summed E-state index contributed by atoms with van der Waals surface area (Å²) < 4.78 is 0. The van der Waals surface area contributed by atoms with E-state index < -0.39 is 18.0 Å². The fourth-order valence-corrected chi connectivity index (χ4v) is 4.30. The van der Waals surface area contributed by atoms with Crippen LogP contribution in [0.15, 0.2) is 48.5 Å². The van der Waals surface area contributed by atoms with Crippen molar-refractivity contribution in [2.75, 3.05) is 18.5 Å². The van der Waals surface area contributed by atoms with Crippen LogP contribution in [-0.2, 0) is 14.4 Å². The number of carbonyl (C=O) groups is 3. The Hall–Kier alpha value is -3.19. The van der Waals surface area contributed by atoms with Crippen LogP contribution in [0.1, 0.15) is 37.8 Å². The van der Waals surface area contributed by atoms with Crippen LogP contribution in [-0.4, -0.2) is 43.4 Å². The molecule has 3 N–H and O–H groups in total. The van der Waals surface area contributed by atoms with Gasteiger partial charge in [0, 0.05) is 12.6 Å². The molecule has 7 nitrogen and oxygen atoms in total. The smallest absolute Gasteiger partial charge is 0.253 e. The van der Waals surface area contributed by atoms with E-state index in [1.807, 2.05) is 48.5 Å². The molecule has 0 aromatic heterocycles. The monoisotopic (exact) mass is 420 g/mol.